The number of rotatable bonds is 4. The molecule has 3 aromatic heterocycles. The Labute approximate surface area is 144 Å². The minimum Gasteiger partial charge on any atom is -0.463 e. The number of aromatic nitrogens is 6. The number of carbonyl (C=O) groups excluding carboxylic acids is 1. The van der Waals surface area contributed by atoms with Gasteiger partial charge < -0.3 is 4.74 Å². The average molecular weight is 341 g/mol. The lowest BCUT2D eigenvalue weighted by molar-refractivity contribution is 0.0585. The molecule has 0 amide bonds. The summed E-state index contributed by atoms with van der Waals surface area (Å²) in [5.41, 5.74) is 0.887. The van der Waals surface area contributed by atoms with Crippen LogP contribution in [-0.4, -0.2) is 60.4 Å². The van der Waals surface area contributed by atoms with Gasteiger partial charge in [-0.15, -0.1) is 15.3 Å². The number of fused-ring (bicyclic) bond motifs is 1. The van der Waals surface area contributed by atoms with Gasteiger partial charge >= 0.3 is 5.97 Å². The largest absolute Gasteiger partial charge is 0.463 e. The topological polar surface area (TPSA) is 90.4 Å². The van der Waals surface area contributed by atoms with E-state index in [1.54, 1.807) is 11.0 Å². The molecule has 9 heteroatoms. The molecular formula is C16H19N7O2. The normalized spacial score (nSPS) is 16.4. The summed E-state index contributed by atoms with van der Waals surface area (Å²) in [5.74, 6) is 1.00. The van der Waals surface area contributed by atoms with Crippen LogP contribution in [0.4, 0.5) is 0 Å². The SMILES string of the molecule is COC(=O)c1ncn(CN2CCC(c3nnc4ccccn34)CC2)n1. The standard InChI is InChI=1S/C16H19N7O2/c1-25-16(24)14-17-10-22(20-14)11-21-8-5-12(6-9-21)15-19-18-13-4-2-3-7-23(13)15/h2-4,7,10,12H,5-6,8-9,11H2,1H3. The highest BCUT2D eigenvalue weighted by atomic mass is 16.5. The minimum absolute atomic E-state index is 0.0901. The summed E-state index contributed by atoms with van der Waals surface area (Å²) in [6.45, 7) is 2.47. The smallest absolute Gasteiger partial charge is 0.377 e. The molecule has 0 atom stereocenters. The van der Waals surface area contributed by atoms with Crippen molar-refractivity contribution in [2.45, 2.75) is 25.4 Å². The summed E-state index contributed by atoms with van der Waals surface area (Å²) in [6.07, 6.45) is 5.59. The molecule has 1 fully saturated rings. The number of ether oxygens (including phenoxy) is 1. The van der Waals surface area contributed by atoms with Crippen molar-refractivity contribution >= 4 is 11.6 Å². The summed E-state index contributed by atoms with van der Waals surface area (Å²) in [7, 11) is 1.32. The maximum atomic E-state index is 11.4. The molecule has 130 valence electrons. The maximum absolute atomic E-state index is 11.4. The fourth-order valence-electron chi connectivity index (χ4n) is 3.22. The number of piperidine rings is 1. The molecular weight excluding hydrogens is 322 g/mol. The number of carbonyl (C=O) groups is 1. The number of likely N-dealkylation sites (tertiary alicyclic amines) is 1. The lowest BCUT2D eigenvalue weighted by Crippen LogP contribution is -2.35. The van der Waals surface area contributed by atoms with Crippen LogP contribution in [0.15, 0.2) is 30.7 Å². The first-order valence-corrected chi connectivity index (χ1v) is 8.24. The van der Waals surface area contributed by atoms with Crippen LogP contribution in [-0.2, 0) is 11.4 Å². The molecule has 0 aliphatic carbocycles. The van der Waals surface area contributed by atoms with Gasteiger partial charge in [-0.2, -0.15) is 0 Å². The van der Waals surface area contributed by atoms with Gasteiger partial charge in [-0.1, -0.05) is 6.07 Å². The van der Waals surface area contributed by atoms with Crippen molar-refractivity contribution in [1.82, 2.24) is 34.3 Å². The summed E-state index contributed by atoms with van der Waals surface area (Å²) in [4.78, 5) is 17.7. The molecule has 1 aliphatic rings. The Morgan fingerprint density at radius 2 is 2.12 bits per heavy atom. The number of nitrogens with zero attached hydrogens (tertiary/aromatic N) is 7. The van der Waals surface area contributed by atoms with E-state index in [1.165, 1.54) is 7.11 Å². The third-order valence-corrected chi connectivity index (χ3v) is 4.54. The lowest BCUT2D eigenvalue weighted by atomic mass is 9.96. The Morgan fingerprint density at radius 3 is 2.92 bits per heavy atom. The molecule has 1 saturated heterocycles. The molecule has 0 spiro atoms. The van der Waals surface area contributed by atoms with Gasteiger partial charge in [-0.05, 0) is 25.0 Å². The van der Waals surface area contributed by atoms with Crippen LogP contribution >= 0.6 is 0 Å². The average Bonchev–Trinajstić information content (AvgIpc) is 3.29. The summed E-state index contributed by atoms with van der Waals surface area (Å²) >= 11 is 0. The second-order valence-corrected chi connectivity index (χ2v) is 6.12. The monoisotopic (exact) mass is 341 g/mol. The van der Waals surface area contributed by atoms with Crippen molar-refractivity contribution < 1.29 is 9.53 Å². The number of hydrogen-bond acceptors (Lipinski definition) is 7. The Kier molecular flexibility index (Phi) is 4.14. The van der Waals surface area contributed by atoms with Gasteiger partial charge in [0.15, 0.2) is 5.65 Å². The zero-order valence-electron chi connectivity index (χ0n) is 13.9. The van der Waals surface area contributed by atoms with Crippen LogP contribution in [0.25, 0.3) is 5.65 Å². The van der Waals surface area contributed by atoms with Gasteiger partial charge in [0.05, 0.1) is 13.8 Å². The predicted octanol–water partition coefficient (Wildman–Crippen LogP) is 0.944. The summed E-state index contributed by atoms with van der Waals surface area (Å²) < 4.78 is 8.36. The van der Waals surface area contributed by atoms with Gasteiger partial charge in [0, 0.05) is 25.2 Å². The maximum Gasteiger partial charge on any atom is 0.377 e. The molecule has 25 heavy (non-hydrogen) atoms. The van der Waals surface area contributed by atoms with Gasteiger partial charge in [-0.25, -0.2) is 14.5 Å². The zero-order valence-corrected chi connectivity index (χ0v) is 13.9. The first kappa shape index (κ1) is 15.7. The van der Waals surface area contributed by atoms with Crippen LogP contribution in [0.3, 0.4) is 0 Å². The van der Waals surface area contributed by atoms with Crippen LogP contribution in [0.2, 0.25) is 0 Å². The van der Waals surface area contributed by atoms with E-state index in [-0.39, 0.29) is 5.82 Å². The fraction of sp³-hybridized carbons (Fsp3) is 0.438. The van der Waals surface area contributed by atoms with Crippen molar-refractivity contribution in [3.05, 3.63) is 42.4 Å². The van der Waals surface area contributed by atoms with Crippen LogP contribution in [0.1, 0.15) is 35.2 Å². The van der Waals surface area contributed by atoms with Crippen molar-refractivity contribution in [2.75, 3.05) is 20.2 Å². The van der Waals surface area contributed by atoms with E-state index in [9.17, 15) is 4.79 Å². The molecule has 4 heterocycles. The predicted molar refractivity (Wildman–Crippen MR) is 87.9 cm³/mol. The van der Waals surface area contributed by atoms with Crippen LogP contribution in [0, 0.1) is 0 Å². The number of pyridine rings is 1. The minimum atomic E-state index is -0.517. The Balaban J connectivity index is 1.38. The molecule has 0 N–H and O–H groups in total. The molecule has 0 bridgehead atoms. The zero-order chi connectivity index (χ0) is 17.2. The highest BCUT2D eigenvalue weighted by Crippen LogP contribution is 2.27. The molecule has 9 nitrogen and oxygen atoms in total. The van der Waals surface area contributed by atoms with Gasteiger partial charge in [0.25, 0.3) is 5.82 Å². The van der Waals surface area contributed by atoms with Crippen molar-refractivity contribution in [1.29, 1.82) is 0 Å². The second kappa shape index (κ2) is 6.60. The third kappa shape index (κ3) is 3.10. The number of methoxy groups -OCH3 is 1. The summed E-state index contributed by atoms with van der Waals surface area (Å²) in [5, 5.41) is 12.8. The van der Waals surface area contributed by atoms with Gasteiger partial charge in [-0.3, -0.25) is 9.30 Å². The molecule has 0 unspecified atom stereocenters. The highest BCUT2D eigenvalue weighted by molar-refractivity contribution is 5.84. The van der Waals surface area contributed by atoms with E-state index in [4.69, 9.17) is 0 Å². The Bertz CT molecular complexity index is 879. The lowest BCUT2D eigenvalue weighted by Gasteiger charge is -2.30. The van der Waals surface area contributed by atoms with Crippen LogP contribution in [0.5, 0.6) is 0 Å². The highest BCUT2D eigenvalue weighted by Gasteiger charge is 2.25. The molecule has 4 rings (SSSR count). The molecule has 0 aromatic carbocycles. The van der Waals surface area contributed by atoms with E-state index < -0.39 is 5.97 Å². The van der Waals surface area contributed by atoms with Crippen LogP contribution < -0.4 is 0 Å². The van der Waals surface area contributed by atoms with E-state index in [2.05, 4.69) is 34.3 Å². The van der Waals surface area contributed by atoms with E-state index in [0.717, 1.165) is 37.4 Å². The second-order valence-electron chi connectivity index (χ2n) is 6.12. The van der Waals surface area contributed by atoms with Gasteiger partial charge in [0.1, 0.15) is 12.2 Å². The Morgan fingerprint density at radius 1 is 1.28 bits per heavy atom. The van der Waals surface area contributed by atoms with E-state index in [1.807, 2.05) is 24.4 Å². The quantitative estimate of drug-likeness (QED) is 0.652. The fourth-order valence-corrected chi connectivity index (χ4v) is 3.22. The van der Waals surface area contributed by atoms with Gasteiger partial charge in [0.2, 0.25) is 0 Å². The molecule has 1 aliphatic heterocycles. The molecule has 0 saturated carbocycles. The van der Waals surface area contributed by atoms with Crippen molar-refractivity contribution in [2.24, 2.45) is 0 Å². The Hall–Kier alpha value is -2.81. The van der Waals surface area contributed by atoms with E-state index in [0.29, 0.717) is 12.6 Å². The first-order valence-electron chi connectivity index (χ1n) is 8.24. The van der Waals surface area contributed by atoms with Crippen molar-refractivity contribution in [3.8, 4) is 0 Å². The number of esters is 1. The first-order chi connectivity index (χ1) is 12.2. The van der Waals surface area contributed by atoms with Crippen molar-refractivity contribution in [3.63, 3.8) is 0 Å². The third-order valence-electron chi connectivity index (χ3n) is 4.54. The molecule has 0 radical (unpaired) electrons. The van der Waals surface area contributed by atoms with E-state index >= 15 is 0 Å². The summed E-state index contributed by atoms with van der Waals surface area (Å²) in [6, 6.07) is 5.94. The molecule has 3 aromatic rings. The number of hydrogen-bond donors (Lipinski definition) is 0.